The molecule has 2 rings (SSSR count). The predicted octanol–water partition coefficient (Wildman–Crippen LogP) is 3.27. The van der Waals surface area contributed by atoms with Crippen LogP contribution in [0.3, 0.4) is 0 Å². The van der Waals surface area contributed by atoms with Crippen molar-refractivity contribution in [2.75, 3.05) is 11.4 Å². The van der Waals surface area contributed by atoms with Gasteiger partial charge in [0.05, 0.1) is 0 Å². The maximum absolute atomic E-state index is 13.3. The number of anilines is 2. The van der Waals surface area contributed by atoms with Crippen LogP contribution in [0, 0.1) is 11.2 Å². The van der Waals surface area contributed by atoms with Gasteiger partial charge >= 0.3 is 0 Å². The third-order valence-electron chi connectivity index (χ3n) is 2.93. The highest BCUT2D eigenvalue weighted by Crippen LogP contribution is 2.25. The molecule has 0 heterocycles. The molecule has 2 aromatic rings. The van der Waals surface area contributed by atoms with E-state index >= 15 is 0 Å². The third-order valence-corrected chi connectivity index (χ3v) is 2.93. The van der Waals surface area contributed by atoms with E-state index in [0.717, 1.165) is 17.9 Å². The van der Waals surface area contributed by atoms with Gasteiger partial charge in [-0.05, 0) is 49.4 Å². The molecule has 0 aliphatic carbocycles. The highest BCUT2D eigenvalue weighted by molar-refractivity contribution is 5.95. The van der Waals surface area contributed by atoms with Crippen molar-refractivity contribution in [3.05, 3.63) is 59.9 Å². The van der Waals surface area contributed by atoms with Crippen molar-refractivity contribution >= 4 is 17.2 Å². The van der Waals surface area contributed by atoms with Crippen LogP contribution in [0.1, 0.15) is 12.5 Å². The summed E-state index contributed by atoms with van der Waals surface area (Å²) in [5.74, 6) is -0.211. The minimum absolute atomic E-state index is 0.0420. The van der Waals surface area contributed by atoms with E-state index < -0.39 is 0 Å². The molecule has 0 unspecified atom stereocenters. The van der Waals surface area contributed by atoms with Crippen LogP contribution >= 0.6 is 0 Å². The number of hydrogen-bond donors (Lipinski definition) is 2. The molecule has 0 aliphatic heterocycles. The zero-order valence-corrected chi connectivity index (χ0v) is 10.7. The molecule has 0 bridgehead atoms. The normalized spacial score (nSPS) is 10.2. The molecule has 0 aliphatic rings. The lowest BCUT2D eigenvalue weighted by molar-refractivity contribution is 0.627. The van der Waals surface area contributed by atoms with Gasteiger partial charge < -0.3 is 10.6 Å². The summed E-state index contributed by atoms with van der Waals surface area (Å²) in [6, 6.07) is 13.8. The lowest BCUT2D eigenvalue weighted by Crippen LogP contribution is -2.17. The number of nitrogens with two attached hydrogens (primary N) is 1. The fraction of sp³-hybridized carbons (Fsp3) is 0.133. The van der Waals surface area contributed by atoms with Crippen molar-refractivity contribution in [3.8, 4) is 0 Å². The first-order valence-corrected chi connectivity index (χ1v) is 6.09. The monoisotopic (exact) mass is 257 g/mol. The first kappa shape index (κ1) is 13.1. The summed E-state index contributed by atoms with van der Waals surface area (Å²) in [5, 5.41) is 7.36. The van der Waals surface area contributed by atoms with Gasteiger partial charge in [0.2, 0.25) is 0 Å². The number of halogens is 1. The smallest absolute Gasteiger partial charge is 0.125 e. The highest BCUT2D eigenvalue weighted by atomic mass is 19.1. The van der Waals surface area contributed by atoms with Gasteiger partial charge in [-0.1, -0.05) is 6.07 Å². The van der Waals surface area contributed by atoms with E-state index in [4.69, 9.17) is 11.1 Å². The van der Waals surface area contributed by atoms with Crippen molar-refractivity contribution in [2.45, 2.75) is 6.92 Å². The Kier molecular flexibility index (Phi) is 3.80. The van der Waals surface area contributed by atoms with Crippen LogP contribution in [0.25, 0.3) is 0 Å². The van der Waals surface area contributed by atoms with Gasteiger partial charge in [-0.25, -0.2) is 4.39 Å². The summed E-state index contributed by atoms with van der Waals surface area (Å²) in [5.41, 5.74) is 7.85. The standard InChI is InChI=1S/C15H16FN3/c1-2-19(14-5-3-4-12(16)10-14)13-8-6-11(7-9-13)15(17)18/h3-10H,2H2,1H3,(H3,17,18). The zero-order chi connectivity index (χ0) is 13.8. The number of benzene rings is 2. The van der Waals surface area contributed by atoms with Crippen LogP contribution < -0.4 is 10.6 Å². The molecule has 0 spiro atoms. The Labute approximate surface area is 112 Å². The van der Waals surface area contributed by atoms with Crippen molar-refractivity contribution in [3.63, 3.8) is 0 Å². The Morgan fingerprint density at radius 2 is 1.84 bits per heavy atom. The maximum Gasteiger partial charge on any atom is 0.125 e. The van der Waals surface area contributed by atoms with Gasteiger partial charge in [0.25, 0.3) is 0 Å². The Balaban J connectivity index is 2.34. The molecular weight excluding hydrogens is 241 g/mol. The van der Waals surface area contributed by atoms with E-state index in [9.17, 15) is 4.39 Å². The number of nitrogens with zero attached hydrogens (tertiary/aromatic N) is 1. The Hall–Kier alpha value is -2.36. The summed E-state index contributed by atoms with van der Waals surface area (Å²) in [6.45, 7) is 2.73. The molecule has 2 aromatic carbocycles. The topological polar surface area (TPSA) is 53.1 Å². The molecule has 0 saturated carbocycles. The third kappa shape index (κ3) is 2.91. The summed E-state index contributed by atoms with van der Waals surface area (Å²) in [4.78, 5) is 1.99. The lowest BCUT2D eigenvalue weighted by Gasteiger charge is -2.23. The zero-order valence-electron chi connectivity index (χ0n) is 10.7. The molecule has 0 amide bonds. The minimum atomic E-state index is -0.253. The molecule has 0 aromatic heterocycles. The van der Waals surface area contributed by atoms with Crippen molar-refractivity contribution < 1.29 is 4.39 Å². The SMILES string of the molecule is CCN(c1ccc(C(=N)N)cc1)c1cccc(F)c1. The molecule has 0 radical (unpaired) electrons. The average Bonchev–Trinajstić information content (AvgIpc) is 2.40. The first-order valence-electron chi connectivity index (χ1n) is 6.09. The molecule has 0 saturated heterocycles. The van der Waals surface area contributed by atoms with Gasteiger partial charge in [0.15, 0.2) is 0 Å². The van der Waals surface area contributed by atoms with Gasteiger partial charge in [0, 0.05) is 23.5 Å². The first-order chi connectivity index (χ1) is 9.11. The van der Waals surface area contributed by atoms with Crippen molar-refractivity contribution in [1.29, 1.82) is 5.41 Å². The minimum Gasteiger partial charge on any atom is -0.384 e. The second kappa shape index (κ2) is 5.52. The number of amidine groups is 1. The van der Waals surface area contributed by atoms with Crippen molar-refractivity contribution in [2.24, 2.45) is 5.73 Å². The number of rotatable bonds is 4. The average molecular weight is 257 g/mol. The molecule has 4 heteroatoms. The second-order valence-corrected chi connectivity index (χ2v) is 4.18. The summed E-state index contributed by atoms with van der Waals surface area (Å²) >= 11 is 0. The number of nitrogens with one attached hydrogen (secondary N) is 1. The van der Waals surface area contributed by atoms with E-state index in [-0.39, 0.29) is 11.7 Å². The van der Waals surface area contributed by atoms with Crippen LogP contribution in [0.5, 0.6) is 0 Å². The maximum atomic E-state index is 13.3. The van der Waals surface area contributed by atoms with Gasteiger partial charge in [0.1, 0.15) is 11.7 Å². The number of hydrogen-bond acceptors (Lipinski definition) is 2. The Bertz CT molecular complexity index is 578. The quantitative estimate of drug-likeness (QED) is 0.652. The van der Waals surface area contributed by atoms with Gasteiger partial charge in [-0.3, -0.25) is 5.41 Å². The lowest BCUT2D eigenvalue weighted by atomic mass is 10.1. The molecule has 98 valence electrons. The second-order valence-electron chi connectivity index (χ2n) is 4.18. The van der Waals surface area contributed by atoms with E-state index in [1.54, 1.807) is 18.2 Å². The molecule has 19 heavy (non-hydrogen) atoms. The van der Waals surface area contributed by atoms with E-state index in [2.05, 4.69) is 0 Å². The summed E-state index contributed by atoms with van der Waals surface area (Å²) in [6.07, 6.45) is 0. The fourth-order valence-electron chi connectivity index (χ4n) is 1.98. The number of nitrogen functional groups attached to an aromatic ring is 1. The summed E-state index contributed by atoms with van der Waals surface area (Å²) in [7, 11) is 0. The van der Waals surface area contributed by atoms with Crippen molar-refractivity contribution in [1.82, 2.24) is 0 Å². The fourth-order valence-corrected chi connectivity index (χ4v) is 1.98. The largest absolute Gasteiger partial charge is 0.384 e. The molecule has 0 atom stereocenters. The van der Waals surface area contributed by atoms with Gasteiger partial charge in [-0.2, -0.15) is 0 Å². The predicted molar refractivity (Wildman–Crippen MR) is 76.5 cm³/mol. The molecule has 3 nitrogen and oxygen atoms in total. The molecule has 3 N–H and O–H groups in total. The summed E-state index contributed by atoms with van der Waals surface area (Å²) < 4.78 is 13.3. The highest BCUT2D eigenvalue weighted by Gasteiger charge is 2.08. The van der Waals surface area contributed by atoms with Gasteiger partial charge in [-0.15, -0.1) is 0 Å². The van der Waals surface area contributed by atoms with Crippen LogP contribution in [-0.2, 0) is 0 Å². The van der Waals surface area contributed by atoms with E-state index in [1.165, 1.54) is 12.1 Å². The molecular formula is C15H16FN3. The van der Waals surface area contributed by atoms with Crippen LogP contribution in [0.2, 0.25) is 0 Å². The Morgan fingerprint density at radius 3 is 2.37 bits per heavy atom. The van der Waals surface area contributed by atoms with Crippen LogP contribution in [0.15, 0.2) is 48.5 Å². The Morgan fingerprint density at radius 1 is 1.16 bits per heavy atom. The van der Waals surface area contributed by atoms with Crippen LogP contribution in [-0.4, -0.2) is 12.4 Å². The van der Waals surface area contributed by atoms with Crippen LogP contribution in [0.4, 0.5) is 15.8 Å². The van der Waals surface area contributed by atoms with E-state index in [1.807, 2.05) is 30.0 Å². The molecule has 0 fully saturated rings. The van der Waals surface area contributed by atoms with E-state index in [0.29, 0.717) is 5.56 Å².